The van der Waals surface area contributed by atoms with Crippen molar-refractivity contribution in [3.05, 3.63) is 76.9 Å². The standard InChI is InChI=1S/C28H20F3N5S/c29-19-10-11-20(30)25(31)23(19)26-18(15-32)22(16-6-8-17(9-7-16)36-12-2-1-3-13-36)24-27(21-5-4-14-37-21)34-35-28(24)33-26/h4-11,14H,1-3,12-13H2,(H,33,34,35). The molecular formula is C28H20F3N5S. The minimum Gasteiger partial charge on any atom is -0.372 e. The fraction of sp³-hybridized carbons (Fsp3) is 0.179. The predicted octanol–water partition coefficient (Wildman–Crippen LogP) is 7.30. The summed E-state index contributed by atoms with van der Waals surface area (Å²) in [5.74, 6) is -3.64. The van der Waals surface area contributed by atoms with E-state index in [2.05, 4.69) is 26.2 Å². The van der Waals surface area contributed by atoms with E-state index >= 15 is 0 Å². The Balaban J connectivity index is 1.63. The van der Waals surface area contributed by atoms with Gasteiger partial charge in [0.2, 0.25) is 0 Å². The van der Waals surface area contributed by atoms with E-state index in [1.54, 1.807) is 0 Å². The topological polar surface area (TPSA) is 68.6 Å². The first-order chi connectivity index (χ1) is 18.1. The van der Waals surface area contributed by atoms with E-state index in [9.17, 15) is 18.4 Å². The van der Waals surface area contributed by atoms with Gasteiger partial charge in [0.05, 0.1) is 32.8 Å². The van der Waals surface area contributed by atoms with Crippen molar-refractivity contribution in [2.24, 2.45) is 0 Å². The lowest BCUT2D eigenvalue weighted by molar-refractivity contribution is 0.498. The Morgan fingerprint density at radius 1 is 0.919 bits per heavy atom. The van der Waals surface area contributed by atoms with Gasteiger partial charge in [-0.1, -0.05) is 18.2 Å². The highest BCUT2D eigenvalue weighted by atomic mass is 32.1. The maximum atomic E-state index is 14.9. The molecule has 0 unspecified atom stereocenters. The summed E-state index contributed by atoms with van der Waals surface area (Å²) in [4.78, 5) is 7.56. The third-order valence-corrected chi connectivity index (χ3v) is 7.63. The first kappa shape index (κ1) is 23.3. The number of hydrogen-bond donors (Lipinski definition) is 1. The number of thiophene rings is 1. The molecule has 4 heterocycles. The number of nitriles is 1. The van der Waals surface area contributed by atoms with Crippen LogP contribution in [0.3, 0.4) is 0 Å². The molecule has 0 amide bonds. The van der Waals surface area contributed by atoms with Crippen molar-refractivity contribution in [2.75, 3.05) is 18.0 Å². The molecule has 1 aliphatic rings. The second-order valence-corrected chi connectivity index (χ2v) is 9.86. The number of nitrogens with zero attached hydrogens (tertiary/aromatic N) is 4. The van der Waals surface area contributed by atoms with Gasteiger partial charge < -0.3 is 4.90 Å². The van der Waals surface area contributed by atoms with E-state index in [1.807, 2.05) is 41.8 Å². The number of nitrogens with one attached hydrogen (secondary N) is 1. The van der Waals surface area contributed by atoms with Crippen molar-refractivity contribution in [1.29, 1.82) is 5.26 Å². The summed E-state index contributed by atoms with van der Waals surface area (Å²) in [5.41, 5.74) is 1.97. The minimum absolute atomic E-state index is 0.0548. The lowest BCUT2D eigenvalue weighted by Gasteiger charge is -2.29. The third kappa shape index (κ3) is 3.94. The minimum atomic E-state index is -1.40. The number of aromatic amines is 1. The van der Waals surface area contributed by atoms with Crippen molar-refractivity contribution in [3.63, 3.8) is 0 Å². The number of fused-ring (bicyclic) bond motifs is 1. The second kappa shape index (κ2) is 9.37. The zero-order valence-electron chi connectivity index (χ0n) is 19.6. The number of rotatable bonds is 4. The Hall–Kier alpha value is -4.16. The van der Waals surface area contributed by atoms with Crippen LogP contribution in [0.1, 0.15) is 24.8 Å². The van der Waals surface area contributed by atoms with Gasteiger partial charge in [-0.25, -0.2) is 18.2 Å². The van der Waals surface area contributed by atoms with Crippen LogP contribution in [-0.2, 0) is 0 Å². The number of pyridine rings is 1. The molecule has 1 fully saturated rings. The van der Waals surface area contributed by atoms with E-state index < -0.39 is 23.0 Å². The molecule has 0 bridgehead atoms. The highest BCUT2D eigenvalue weighted by Gasteiger charge is 2.27. The maximum absolute atomic E-state index is 14.9. The normalized spacial score (nSPS) is 13.7. The van der Waals surface area contributed by atoms with Gasteiger partial charge in [0, 0.05) is 24.3 Å². The molecule has 9 heteroatoms. The summed E-state index contributed by atoms with van der Waals surface area (Å²) in [5, 5.41) is 20.1. The van der Waals surface area contributed by atoms with Gasteiger partial charge in [-0.05, 0) is 60.5 Å². The van der Waals surface area contributed by atoms with Gasteiger partial charge >= 0.3 is 0 Å². The molecule has 1 saturated heterocycles. The molecule has 0 radical (unpaired) electrons. The molecule has 0 saturated carbocycles. The van der Waals surface area contributed by atoms with Crippen LogP contribution < -0.4 is 4.90 Å². The Morgan fingerprint density at radius 3 is 2.38 bits per heavy atom. The van der Waals surface area contributed by atoms with Crippen LogP contribution >= 0.6 is 11.3 Å². The van der Waals surface area contributed by atoms with Crippen LogP contribution in [-0.4, -0.2) is 28.3 Å². The largest absolute Gasteiger partial charge is 0.372 e. The summed E-state index contributed by atoms with van der Waals surface area (Å²) in [6, 6.07) is 15.2. The smallest absolute Gasteiger partial charge is 0.182 e. The number of aromatic nitrogens is 3. The lowest BCUT2D eigenvalue weighted by Crippen LogP contribution is -2.29. The molecule has 37 heavy (non-hydrogen) atoms. The number of halogens is 3. The average molecular weight is 516 g/mol. The number of H-pyrrole nitrogens is 1. The first-order valence-electron chi connectivity index (χ1n) is 11.9. The number of anilines is 1. The molecule has 1 N–H and O–H groups in total. The Kier molecular flexibility index (Phi) is 5.89. The molecular weight excluding hydrogens is 495 g/mol. The molecule has 5 aromatic rings. The van der Waals surface area contributed by atoms with Gasteiger partial charge in [0.25, 0.3) is 0 Å². The number of piperidine rings is 1. The monoisotopic (exact) mass is 515 g/mol. The molecule has 3 aromatic heterocycles. The third-order valence-electron chi connectivity index (χ3n) is 6.74. The molecule has 184 valence electrons. The SMILES string of the molecule is N#Cc1c(-c2c(F)ccc(F)c2F)nc2n[nH]c(-c3cccs3)c2c1-c1ccc(N2CCCCC2)cc1. The van der Waals surface area contributed by atoms with Gasteiger partial charge in [-0.3, -0.25) is 5.10 Å². The summed E-state index contributed by atoms with van der Waals surface area (Å²) >= 11 is 1.48. The summed E-state index contributed by atoms with van der Waals surface area (Å²) in [6.45, 7) is 1.96. The van der Waals surface area contributed by atoms with Gasteiger partial charge in [0.1, 0.15) is 11.9 Å². The molecule has 1 aliphatic heterocycles. The van der Waals surface area contributed by atoms with E-state index in [1.165, 1.54) is 17.8 Å². The van der Waals surface area contributed by atoms with Gasteiger partial charge in [-0.15, -0.1) is 11.3 Å². The van der Waals surface area contributed by atoms with Crippen LogP contribution in [0.5, 0.6) is 0 Å². The zero-order valence-corrected chi connectivity index (χ0v) is 20.4. The summed E-state index contributed by atoms with van der Waals surface area (Å²) in [6.07, 6.45) is 3.49. The van der Waals surface area contributed by atoms with Gasteiger partial charge in [-0.2, -0.15) is 10.4 Å². The van der Waals surface area contributed by atoms with Gasteiger partial charge in [0.15, 0.2) is 17.3 Å². The zero-order chi connectivity index (χ0) is 25.5. The lowest BCUT2D eigenvalue weighted by atomic mass is 9.92. The highest BCUT2D eigenvalue weighted by molar-refractivity contribution is 7.13. The Labute approximate surface area is 214 Å². The molecule has 0 atom stereocenters. The van der Waals surface area contributed by atoms with Crippen molar-refractivity contribution >= 4 is 28.1 Å². The van der Waals surface area contributed by atoms with Crippen LogP contribution in [0, 0.1) is 28.8 Å². The van der Waals surface area contributed by atoms with E-state index in [0.29, 0.717) is 28.3 Å². The summed E-state index contributed by atoms with van der Waals surface area (Å²) in [7, 11) is 0. The number of hydrogen-bond acceptors (Lipinski definition) is 5. The van der Waals surface area contributed by atoms with Crippen LogP contribution in [0.25, 0.3) is 44.0 Å². The van der Waals surface area contributed by atoms with E-state index in [4.69, 9.17) is 0 Å². The van der Waals surface area contributed by atoms with Crippen molar-refractivity contribution in [1.82, 2.24) is 15.2 Å². The van der Waals surface area contributed by atoms with Crippen molar-refractivity contribution in [3.8, 4) is 39.0 Å². The first-order valence-corrected chi connectivity index (χ1v) is 12.8. The molecule has 0 aliphatic carbocycles. The van der Waals surface area contributed by atoms with E-state index in [0.717, 1.165) is 42.6 Å². The Morgan fingerprint density at radius 2 is 1.68 bits per heavy atom. The quantitative estimate of drug-likeness (QED) is 0.255. The predicted molar refractivity (Wildman–Crippen MR) is 139 cm³/mol. The van der Waals surface area contributed by atoms with E-state index in [-0.39, 0.29) is 16.9 Å². The molecule has 2 aromatic carbocycles. The fourth-order valence-electron chi connectivity index (χ4n) is 4.97. The fourth-order valence-corrected chi connectivity index (χ4v) is 5.69. The number of benzene rings is 2. The second-order valence-electron chi connectivity index (χ2n) is 8.91. The highest BCUT2D eigenvalue weighted by Crippen LogP contribution is 2.42. The summed E-state index contributed by atoms with van der Waals surface area (Å²) < 4.78 is 43.9. The Bertz CT molecular complexity index is 1650. The molecule has 6 rings (SSSR count). The van der Waals surface area contributed by atoms with Crippen molar-refractivity contribution in [2.45, 2.75) is 19.3 Å². The average Bonchev–Trinajstić information content (AvgIpc) is 3.61. The van der Waals surface area contributed by atoms with Crippen molar-refractivity contribution < 1.29 is 13.2 Å². The van der Waals surface area contributed by atoms with Crippen LogP contribution in [0.15, 0.2) is 53.9 Å². The maximum Gasteiger partial charge on any atom is 0.182 e. The molecule has 0 spiro atoms. The molecule has 5 nitrogen and oxygen atoms in total. The van der Waals surface area contributed by atoms with Crippen LogP contribution in [0.4, 0.5) is 18.9 Å². The van der Waals surface area contributed by atoms with Crippen LogP contribution in [0.2, 0.25) is 0 Å².